The molecule has 2 amide bonds. The minimum absolute atomic E-state index is 0.145. The Hall–Kier alpha value is -3.22. The molecule has 0 aliphatic carbocycles. The minimum Gasteiger partial charge on any atom is -0.476 e. The molecule has 0 bridgehead atoms. The van der Waals surface area contributed by atoms with Crippen molar-refractivity contribution >= 4 is 23.2 Å². The molecule has 128 valence electrons. The van der Waals surface area contributed by atoms with Gasteiger partial charge in [-0.3, -0.25) is 9.59 Å². The second-order valence-electron chi connectivity index (χ2n) is 6.27. The van der Waals surface area contributed by atoms with Crippen LogP contribution in [0.15, 0.2) is 36.4 Å². The Morgan fingerprint density at radius 1 is 1.12 bits per heavy atom. The van der Waals surface area contributed by atoms with E-state index in [1.165, 1.54) is 0 Å². The molecule has 0 unspecified atom stereocenters. The summed E-state index contributed by atoms with van der Waals surface area (Å²) in [6.45, 7) is 3.51. The van der Waals surface area contributed by atoms with Crippen LogP contribution >= 0.6 is 0 Å². The third kappa shape index (κ3) is 2.63. The SMILES string of the molecule is CC1(C)Oc2cccc(NC(=O)c3ccc4c(c3)OCO4)c2NC1=O. The number of rotatable bonds is 2. The third-order valence-corrected chi connectivity index (χ3v) is 4.06. The summed E-state index contributed by atoms with van der Waals surface area (Å²) in [5, 5.41) is 5.59. The van der Waals surface area contributed by atoms with E-state index in [9.17, 15) is 9.59 Å². The highest BCUT2D eigenvalue weighted by molar-refractivity contribution is 6.10. The van der Waals surface area contributed by atoms with Crippen LogP contribution in [0.4, 0.5) is 11.4 Å². The summed E-state index contributed by atoms with van der Waals surface area (Å²) in [6, 6.07) is 10.1. The summed E-state index contributed by atoms with van der Waals surface area (Å²) in [5.74, 6) is 1.04. The summed E-state index contributed by atoms with van der Waals surface area (Å²) < 4.78 is 16.2. The molecule has 0 atom stereocenters. The molecule has 2 aliphatic rings. The number of carbonyl (C=O) groups is 2. The van der Waals surface area contributed by atoms with E-state index in [1.54, 1.807) is 50.2 Å². The van der Waals surface area contributed by atoms with Crippen molar-refractivity contribution in [2.75, 3.05) is 17.4 Å². The first-order chi connectivity index (χ1) is 11.9. The number of hydrogen-bond donors (Lipinski definition) is 2. The molecule has 2 aliphatic heterocycles. The number of benzene rings is 2. The molecule has 25 heavy (non-hydrogen) atoms. The van der Waals surface area contributed by atoms with Crippen molar-refractivity contribution in [2.24, 2.45) is 0 Å². The largest absolute Gasteiger partial charge is 0.476 e. The third-order valence-electron chi connectivity index (χ3n) is 4.06. The van der Waals surface area contributed by atoms with Gasteiger partial charge in [-0.1, -0.05) is 6.07 Å². The van der Waals surface area contributed by atoms with Crippen LogP contribution in [0, 0.1) is 0 Å². The molecule has 2 N–H and O–H groups in total. The summed E-state index contributed by atoms with van der Waals surface area (Å²) >= 11 is 0. The Morgan fingerprint density at radius 2 is 1.92 bits per heavy atom. The molecule has 7 heteroatoms. The lowest BCUT2D eigenvalue weighted by Crippen LogP contribution is -2.45. The van der Waals surface area contributed by atoms with Gasteiger partial charge in [-0.25, -0.2) is 0 Å². The first-order valence-electron chi connectivity index (χ1n) is 7.78. The minimum atomic E-state index is -0.965. The Balaban J connectivity index is 1.62. The van der Waals surface area contributed by atoms with Gasteiger partial charge in [0.05, 0.1) is 5.69 Å². The quantitative estimate of drug-likeness (QED) is 0.878. The highest BCUT2D eigenvalue weighted by atomic mass is 16.7. The van der Waals surface area contributed by atoms with Gasteiger partial charge in [0.2, 0.25) is 6.79 Å². The molecule has 7 nitrogen and oxygen atoms in total. The van der Waals surface area contributed by atoms with Crippen molar-refractivity contribution in [1.29, 1.82) is 0 Å². The van der Waals surface area contributed by atoms with Crippen LogP contribution in [0.1, 0.15) is 24.2 Å². The van der Waals surface area contributed by atoms with Crippen LogP contribution in [0.5, 0.6) is 17.2 Å². The summed E-state index contributed by atoms with van der Waals surface area (Å²) in [4.78, 5) is 24.7. The first kappa shape index (κ1) is 15.3. The molecular weight excluding hydrogens is 324 g/mol. The number of fused-ring (bicyclic) bond motifs is 2. The number of ether oxygens (including phenoxy) is 3. The first-order valence-corrected chi connectivity index (χ1v) is 7.78. The monoisotopic (exact) mass is 340 g/mol. The molecule has 0 spiro atoms. The molecule has 2 heterocycles. The second kappa shape index (κ2) is 5.41. The smallest absolute Gasteiger partial charge is 0.268 e. The zero-order valence-corrected chi connectivity index (χ0v) is 13.7. The summed E-state index contributed by atoms with van der Waals surface area (Å²) in [5.41, 5.74) is 0.364. The standard InChI is InChI=1S/C18H16N2O5/c1-18(2)17(22)20-15-11(4-3-5-13(15)25-18)19-16(21)10-6-7-12-14(8-10)24-9-23-12/h3-8H,9H2,1-2H3,(H,19,21)(H,20,22). The zero-order chi connectivity index (χ0) is 17.6. The van der Waals surface area contributed by atoms with E-state index in [0.29, 0.717) is 34.2 Å². The Labute approximate surface area is 143 Å². The van der Waals surface area contributed by atoms with Gasteiger partial charge in [0, 0.05) is 5.56 Å². The van der Waals surface area contributed by atoms with Crippen molar-refractivity contribution in [1.82, 2.24) is 0 Å². The van der Waals surface area contributed by atoms with Crippen LogP contribution in [0.3, 0.4) is 0 Å². The topological polar surface area (TPSA) is 85.9 Å². The second-order valence-corrected chi connectivity index (χ2v) is 6.27. The molecule has 0 saturated heterocycles. The van der Waals surface area contributed by atoms with Gasteiger partial charge in [-0.05, 0) is 44.2 Å². The predicted molar refractivity (Wildman–Crippen MR) is 90.3 cm³/mol. The van der Waals surface area contributed by atoms with Crippen molar-refractivity contribution in [2.45, 2.75) is 19.4 Å². The molecule has 0 saturated carbocycles. The van der Waals surface area contributed by atoms with Crippen LogP contribution in [0.2, 0.25) is 0 Å². The number of amides is 2. The van der Waals surface area contributed by atoms with Gasteiger partial charge in [-0.15, -0.1) is 0 Å². The fourth-order valence-electron chi connectivity index (χ4n) is 2.67. The molecule has 0 aromatic heterocycles. The molecule has 2 aromatic carbocycles. The molecule has 0 radical (unpaired) electrons. The van der Waals surface area contributed by atoms with Crippen LogP contribution in [0.25, 0.3) is 0 Å². The Bertz CT molecular complexity index is 891. The maximum Gasteiger partial charge on any atom is 0.268 e. The van der Waals surface area contributed by atoms with Gasteiger partial charge >= 0.3 is 0 Å². The predicted octanol–water partition coefficient (Wildman–Crippen LogP) is 2.78. The number of nitrogens with one attached hydrogen (secondary N) is 2. The van der Waals surface area contributed by atoms with E-state index in [1.807, 2.05) is 0 Å². The van der Waals surface area contributed by atoms with Gasteiger partial charge in [0.15, 0.2) is 17.1 Å². The fourth-order valence-corrected chi connectivity index (χ4v) is 2.67. The molecular formula is C18H16N2O5. The Kier molecular flexibility index (Phi) is 3.31. The number of hydrogen-bond acceptors (Lipinski definition) is 5. The highest BCUT2D eigenvalue weighted by Crippen LogP contribution is 2.39. The van der Waals surface area contributed by atoms with Crippen molar-refractivity contribution in [3.8, 4) is 17.2 Å². The lowest BCUT2D eigenvalue weighted by Gasteiger charge is -2.32. The van der Waals surface area contributed by atoms with Crippen molar-refractivity contribution in [3.05, 3.63) is 42.0 Å². The number of anilines is 2. The average Bonchev–Trinajstić information content (AvgIpc) is 3.04. The van der Waals surface area contributed by atoms with Gasteiger partial charge < -0.3 is 24.8 Å². The number of para-hydroxylation sites is 1. The van der Waals surface area contributed by atoms with E-state index in [0.717, 1.165) is 0 Å². The average molecular weight is 340 g/mol. The van der Waals surface area contributed by atoms with Gasteiger partial charge in [0.1, 0.15) is 11.4 Å². The highest BCUT2D eigenvalue weighted by Gasteiger charge is 2.36. The van der Waals surface area contributed by atoms with Crippen LogP contribution in [-0.4, -0.2) is 24.2 Å². The zero-order valence-electron chi connectivity index (χ0n) is 13.7. The van der Waals surface area contributed by atoms with E-state index in [4.69, 9.17) is 14.2 Å². The lowest BCUT2D eigenvalue weighted by atomic mass is 10.1. The maximum absolute atomic E-state index is 12.5. The number of carbonyl (C=O) groups excluding carboxylic acids is 2. The van der Waals surface area contributed by atoms with Crippen molar-refractivity contribution < 1.29 is 23.8 Å². The maximum atomic E-state index is 12.5. The van der Waals surface area contributed by atoms with E-state index >= 15 is 0 Å². The van der Waals surface area contributed by atoms with Crippen molar-refractivity contribution in [3.63, 3.8) is 0 Å². The van der Waals surface area contributed by atoms with Gasteiger partial charge in [0.25, 0.3) is 11.8 Å². The van der Waals surface area contributed by atoms with Gasteiger partial charge in [-0.2, -0.15) is 0 Å². The molecule has 2 aromatic rings. The fraction of sp³-hybridized carbons (Fsp3) is 0.222. The van der Waals surface area contributed by atoms with E-state index < -0.39 is 5.60 Å². The van der Waals surface area contributed by atoms with E-state index in [2.05, 4.69) is 10.6 Å². The lowest BCUT2D eigenvalue weighted by molar-refractivity contribution is -0.129. The normalized spacial score (nSPS) is 16.5. The molecule has 0 fully saturated rings. The summed E-state index contributed by atoms with van der Waals surface area (Å²) in [6.07, 6.45) is 0. The van der Waals surface area contributed by atoms with Crippen LogP contribution in [-0.2, 0) is 4.79 Å². The Morgan fingerprint density at radius 3 is 2.76 bits per heavy atom. The molecule has 4 rings (SSSR count). The van der Waals surface area contributed by atoms with E-state index in [-0.39, 0.29) is 18.6 Å². The summed E-state index contributed by atoms with van der Waals surface area (Å²) in [7, 11) is 0. The van der Waals surface area contributed by atoms with Crippen LogP contribution < -0.4 is 24.8 Å².